The van der Waals surface area contributed by atoms with Crippen molar-refractivity contribution in [3.05, 3.63) is 0 Å². The molecular formula is C6H12O5. The van der Waals surface area contributed by atoms with Crippen LogP contribution in [-0.4, -0.2) is 42.8 Å². The van der Waals surface area contributed by atoms with Gasteiger partial charge in [0.1, 0.15) is 0 Å². The first-order valence-electron chi connectivity index (χ1n) is 3.20. The van der Waals surface area contributed by atoms with Crippen LogP contribution >= 0.6 is 0 Å². The van der Waals surface area contributed by atoms with Crippen LogP contribution in [0.15, 0.2) is 0 Å². The highest BCUT2D eigenvalue weighted by Crippen LogP contribution is 1.93. The summed E-state index contributed by atoms with van der Waals surface area (Å²) < 4.78 is 9.17. The van der Waals surface area contributed by atoms with E-state index in [2.05, 4.69) is 4.74 Å². The van der Waals surface area contributed by atoms with Gasteiger partial charge in [-0.2, -0.15) is 0 Å². The molecule has 0 aliphatic heterocycles. The largest absolute Gasteiger partial charge is 0.477 e. The maximum atomic E-state index is 10.2. The first-order chi connectivity index (χ1) is 5.22. The first kappa shape index (κ1) is 10.3. The van der Waals surface area contributed by atoms with Crippen molar-refractivity contribution in [3.8, 4) is 0 Å². The van der Waals surface area contributed by atoms with E-state index in [1.165, 1.54) is 7.11 Å². The van der Waals surface area contributed by atoms with Gasteiger partial charge in [-0.1, -0.05) is 0 Å². The third kappa shape index (κ3) is 4.72. The van der Waals surface area contributed by atoms with E-state index >= 15 is 0 Å². The first-order valence-corrected chi connectivity index (χ1v) is 3.20. The number of aliphatic hydroxyl groups excluding tert-OH is 1. The second-order valence-corrected chi connectivity index (χ2v) is 1.85. The maximum Gasteiger partial charge on any atom is 0.361 e. The fourth-order valence-electron chi connectivity index (χ4n) is 0.495. The molecule has 0 amide bonds. The molecule has 0 heterocycles. The molecule has 0 bridgehead atoms. The molecule has 0 saturated carbocycles. The molecule has 0 aliphatic rings. The average Bonchev–Trinajstić information content (AvgIpc) is 1.97. The van der Waals surface area contributed by atoms with Gasteiger partial charge in [-0.05, 0) is 6.42 Å². The molecule has 0 aromatic carbocycles. The Hall–Kier alpha value is -0.650. The molecule has 11 heavy (non-hydrogen) atoms. The zero-order chi connectivity index (χ0) is 8.69. The smallest absolute Gasteiger partial charge is 0.361 e. The van der Waals surface area contributed by atoms with E-state index < -0.39 is 12.3 Å². The zero-order valence-electron chi connectivity index (χ0n) is 6.32. The summed E-state index contributed by atoms with van der Waals surface area (Å²) in [7, 11) is 1.25. The van der Waals surface area contributed by atoms with Crippen LogP contribution in [0.4, 0.5) is 0 Å². The Kier molecular flexibility index (Phi) is 5.73. The van der Waals surface area contributed by atoms with Crippen LogP contribution in [0, 0.1) is 0 Å². The van der Waals surface area contributed by atoms with Crippen LogP contribution in [-0.2, 0) is 14.3 Å². The summed E-state index contributed by atoms with van der Waals surface area (Å²) in [5.74, 6) is -1.16. The number of hydrogen-bond acceptors (Lipinski definition) is 4. The summed E-state index contributed by atoms with van der Waals surface area (Å²) in [6.07, 6.45) is -0.811. The lowest BCUT2D eigenvalue weighted by atomic mass is 10.5. The van der Waals surface area contributed by atoms with E-state index in [9.17, 15) is 4.79 Å². The van der Waals surface area contributed by atoms with Crippen molar-refractivity contribution in [2.45, 2.75) is 12.7 Å². The molecule has 66 valence electrons. The second-order valence-electron chi connectivity index (χ2n) is 1.85. The van der Waals surface area contributed by atoms with Gasteiger partial charge < -0.3 is 19.7 Å². The van der Waals surface area contributed by atoms with Crippen molar-refractivity contribution in [2.75, 3.05) is 20.3 Å². The minimum atomic E-state index is -1.22. The van der Waals surface area contributed by atoms with Crippen LogP contribution < -0.4 is 0 Å². The van der Waals surface area contributed by atoms with Crippen LogP contribution in [0.2, 0.25) is 0 Å². The maximum absolute atomic E-state index is 10.2. The zero-order valence-corrected chi connectivity index (χ0v) is 6.32. The van der Waals surface area contributed by atoms with Crippen molar-refractivity contribution in [1.29, 1.82) is 0 Å². The Morgan fingerprint density at radius 1 is 1.64 bits per heavy atom. The highest BCUT2D eigenvalue weighted by Gasteiger charge is 2.15. The molecule has 1 unspecified atom stereocenters. The minimum Gasteiger partial charge on any atom is -0.477 e. The van der Waals surface area contributed by atoms with E-state index in [1.807, 2.05) is 0 Å². The Balaban J connectivity index is 3.44. The molecule has 0 saturated heterocycles. The molecular weight excluding hydrogens is 152 g/mol. The lowest BCUT2D eigenvalue weighted by molar-refractivity contribution is -0.183. The molecule has 5 heteroatoms. The van der Waals surface area contributed by atoms with Crippen LogP contribution in [0.1, 0.15) is 6.42 Å². The molecule has 0 rings (SSSR count). The third-order valence-electron chi connectivity index (χ3n) is 0.987. The molecule has 0 aromatic rings. The minimum absolute atomic E-state index is 0.0178. The van der Waals surface area contributed by atoms with Crippen LogP contribution in [0.5, 0.6) is 0 Å². The number of carbonyl (C=O) groups is 1. The van der Waals surface area contributed by atoms with Crippen molar-refractivity contribution < 1.29 is 24.5 Å². The summed E-state index contributed by atoms with van der Waals surface area (Å²) in [6.45, 7) is 0.164. The number of carboxylic acid groups (broad SMARTS) is 1. The Bertz CT molecular complexity index is 114. The molecule has 5 nitrogen and oxygen atoms in total. The third-order valence-corrected chi connectivity index (χ3v) is 0.987. The van der Waals surface area contributed by atoms with Gasteiger partial charge in [0, 0.05) is 13.7 Å². The van der Waals surface area contributed by atoms with Gasteiger partial charge in [-0.15, -0.1) is 0 Å². The summed E-state index contributed by atoms with van der Waals surface area (Å²) in [4.78, 5) is 10.2. The Morgan fingerprint density at radius 2 is 2.27 bits per heavy atom. The van der Waals surface area contributed by atoms with E-state index in [1.54, 1.807) is 0 Å². The van der Waals surface area contributed by atoms with Gasteiger partial charge in [0.2, 0.25) is 0 Å². The topological polar surface area (TPSA) is 76.0 Å². The van der Waals surface area contributed by atoms with E-state index in [0.717, 1.165) is 0 Å². The predicted molar refractivity (Wildman–Crippen MR) is 36.1 cm³/mol. The normalized spacial score (nSPS) is 12.9. The van der Waals surface area contributed by atoms with Crippen molar-refractivity contribution in [1.82, 2.24) is 0 Å². The number of methoxy groups -OCH3 is 1. The fourth-order valence-corrected chi connectivity index (χ4v) is 0.495. The van der Waals surface area contributed by atoms with Gasteiger partial charge in [0.15, 0.2) is 0 Å². The van der Waals surface area contributed by atoms with Crippen LogP contribution in [0.25, 0.3) is 0 Å². The fraction of sp³-hybridized carbons (Fsp3) is 0.833. The molecule has 0 radical (unpaired) electrons. The highest BCUT2D eigenvalue weighted by atomic mass is 16.7. The summed E-state index contributed by atoms with van der Waals surface area (Å²) in [5, 5.41) is 16.7. The highest BCUT2D eigenvalue weighted by molar-refractivity contribution is 5.70. The van der Waals surface area contributed by atoms with E-state index in [-0.39, 0.29) is 13.2 Å². The van der Waals surface area contributed by atoms with Crippen molar-refractivity contribution in [3.63, 3.8) is 0 Å². The molecule has 0 fully saturated rings. The lowest BCUT2D eigenvalue weighted by Crippen LogP contribution is -2.26. The van der Waals surface area contributed by atoms with E-state index in [0.29, 0.717) is 6.42 Å². The van der Waals surface area contributed by atoms with Gasteiger partial charge in [0.25, 0.3) is 6.29 Å². The summed E-state index contributed by atoms with van der Waals surface area (Å²) in [5.41, 5.74) is 0. The van der Waals surface area contributed by atoms with Gasteiger partial charge in [-0.25, -0.2) is 4.79 Å². The predicted octanol–water partition coefficient (Wildman–Crippen LogP) is -0.558. The summed E-state index contributed by atoms with van der Waals surface area (Å²) >= 11 is 0. The van der Waals surface area contributed by atoms with Crippen LogP contribution in [0.3, 0.4) is 0 Å². The second kappa shape index (κ2) is 6.09. The number of aliphatic hydroxyl groups is 1. The number of aliphatic carboxylic acids is 1. The standard InChI is InChI=1S/C6H12O5/c1-10-6(5(8)9)11-4-2-3-7/h6-7H,2-4H2,1H3,(H,8,9). The average molecular weight is 164 g/mol. The Labute approximate surface area is 64.5 Å². The lowest BCUT2D eigenvalue weighted by Gasteiger charge is -2.10. The van der Waals surface area contributed by atoms with E-state index in [4.69, 9.17) is 14.9 Å². The molecule has 0 spiro atoms. The van der Waals surface area contributed by atoms with Crippen molar-refractivity contribution >= 4 is 5.97 Å². The quantitative estimate of drug-likeness (QED) is 0.406. The monoisotopic (exact) mass is 164 g/mol. The van der Waals surface area contributed by atoms with Gasteiger partial charge in [-0.3, -0.25) is 0 Å². The number of carboxylic acids is 1. The molecule has 1 atom stereocenters. The Morgan fingerprint density at radius 3 is 2.64 bits per heavy atom. The number of rotatable bonds is 6. The molecule has 0 aliphatic carbocycles. The number of ether oxygens (including phenoxy) is 2. The van der Waals surface area contributed by atoms with Gasteiger partial charge >= 0.3 is 5.97 Å². The van der Waals surface area contributed by atoms with Gasteiger partial charge in [0.05, 0.1) is 6.61 Å². The molecule has 2 N–H and O–H groups in total. The van der Waals surface area contributed by atoms with Crippen molar-refractivity contribution in [2.24, 2.45) is 0 Å². The number of hydrogen-bond donors (Lipinski definition) is 2. The molecule has 0 aromatic heterocycles. The summed E-state index contributed by atoms with van der Waals surface area (Å²) in [6, 6.07) is 0. The SMILES string of the molecule is COC(OCCCO)C(=O)O.